The lowest BCUT2D eigenvalue weighted by molar-refractivity contribution is 0.355. The lowest BCUT2D eigenvalue weighted by Crippen LogP contribution is -2.18. The SMILES string of the molecule is CN1CCC=C(c2cn(S(=O)(=O)c3cccc4ccccc34)c3ccc(F)cc23)CC1. The zero-order valence-electron chi connectivity index (χ0n) is 17.3. The van der Waals surface area contributed by atoms with Crippen molar-refractivity contribution in [1.82, 2.24) is 8.87 Å². The highest BCUT2D eigenvalue weighted by atomic mass is 32.2. The topological polar surface area (TPSA) is 42.3 Å². The van der Waals surface area contributed by atoms with Gasteiger partial charge in [-0.1, -0.05) is 42.5 Å². The van der Waals surface area contributed by atoms with Crippen molar-refractivity contribution in [2.45, 2.75) is 17.7 Å². The van der Waals surface area contributed by atoms with Gasteiger partial charge >= 0.3 is 0 Å². The van der Waals surface area contributed by atoms with Crippen molar-refractivity contribution in [3.8, 4) is 0 Å². The largest absolute Gasteiger partial charge is 0.306 e. The molecule has 0 aliphatic carbocycles. The first kappa shape index (κ1) is 20.0. The van der Waals surface area contributed by atoms with Crippen LogP contribution in [0.2, 0.25) is 0 Å². The fourth-order valence-electron chi connectivity index (χ4n) is 4.38. The molecule has 0 spiro atoms. The lowest BCUT2D eigenvalue weighted by Gasteiger charge is -2.12. The van der Waals surface area contributed by atoms with Crippen LogP contribution in [0, 0.1) is 5.82 Å². The fourth-order valence-corrected chi connectivity index (χ4v) is 5.97. The minimum atomic E-state index is -3.89. The van der Waals surface area contributed by atoms with E-state index in [0.29, 0.717) is 16.3 Å². The summed E-state index contributed by atoms with van der Waals surface area (Å²) in [4.78, 5) is 2.49. The standard InChI is InChI=1S/C25H23FN2O2S/c1-27-14-5-8-19(13-15-27)23-17-28(24-12-11-20(26)16-22(23)24)31(29,30)25-10-4-7-18-6-2-3-9-21(18)25/h2-4,6-12,16-17H,5,13-15H2,1H3. The van der Waals surface area contributed by atoms with E-state index in [2.05, 4.69) is 18.0 Å². The molecule has 0 N–H and O–H groups in total. The molecule has 0 bridgehead atoms. The first-order chi connectivity index (χ1) is 14.9. The molecule has 3 aromatic carbocycles. The Morgan fingerprint density at radius 2 is 1.74 bits per heavy atom. The van der Waals surface area contributed by atoms with Gasteiger partial charge in [-0.3, -0.25) is 0 Å². The molecular formula is C25H23FN2O2S. The zero-order valence-corrected chi connectivity index (χ0v) is 18.1. The molecule has 6 heteroatoms. The van der Waals surface area contributed by atoms with Crippen LogP contribution in [0.3, 0.4) is 0 Å². The predicted octanol–water partition coefficient (Wildman–Crippen LogP) is 5.28. The first-order valence-electron chi connectivity index (χ1n) is 10.4. The summed E-state index contributed by atoms with van der Waals surface area (Å²) in [5.41, 5.74) is 2.34. The number of fused-ring (bicyclic) bond motifs is 2. The van der Waals surface area contributed by atoms with Crippen molar-refractivity contribution in [3.63, 3.8) is 0 Å². The number of halogens is 1. The first-order valence-corrected chi connectivity index (χ1v) is 11.8. The van der Waals surface area contributed by atoms with Gasteiger partial charge in [-0.2, -0.15) is 0 Å². The average molecular weight is 435 g/mol. The number of hydrogen-bond donors (Lipinski definition) is 0. The number of benzene rings is 3. The molecule has 5 rings (SSSR count). The summed E-state index contributed by atoms with van der Waals surface area (Å²) >= 11 is 0. The summed E-state index contributed by atoms with van der Waals surface area (Å²) in [6.07, 6.45) is 5.49. The highest BCUT2D eigenvalue weighted by Gasteiger charge is 2.25. The number of rotatable bonds is 3. The number of aromatic nitrogens is 1. The molecule has 0 saturated heterocycles. The summed E-state index contributed by atoms with van der Waals surface area (Å²) in [7, 11) is -1.81. The molecule has 31 heavy (non-hydrogen) atoms. The second-order valence-corrected chi connectivity index (χ2v) is 9.84. The molecule has 158 valence electrons. The Morgan fingerprint density at radius 3 is 2.61 bits per heavy atom. The van der Waals surface area contributed by atoms with Crippen molar-refractivity contribution < 1.29 is 12.8 Å². The van der Waals surface area contributed by atoms with Crippen molar-refractivity contribution in [2.24, 2.45) is 0 Å². The van der Waals surface area contributed by atoms with Gasteiger partial charge in [0.2, 0.25) is 0 Å². The van der Waals surface area contributed by atoms with E-state index >= 15 is 0 Å². The molecule has 1 aliphatic heterocycles. The van der Waals surface area contributed by atoms with Crippen molar-refractivity contribution in [3.05, 3.63) is 84.3 Å². The van der Waals surface area contributed by atoms with Gasteiger partial charge in [0.1, 0.15) is 5.82 Å². The van der Waals surface area contributed by atoms with Gasteiger partial charge < -0.3 is 4.90 Å². The van der Waals surface area contributed by atoms with Crippen LogP contribution in [-0.2, 0) is 10.0 Å². The monoisotopic (exact) mass is 434 g/mol. The quantitative estimate of drug-likeness (QED) is 0.441. The molecule has 0 amide bonds. The maximum atomic E-state index is 14.2. The minimum Gasteiger partial charge on any atom is -0.306 e. The summed E-state index contributed by atoms with van der Waals surface area (Å²) < 4.78 is 43.1. The molecular weight excluding hydrogens is 411 g/mol. The molecule has 4 nitrogen and oxygen atoms in total. The second kappa shape index (κ2) is 7.62. The smallest absolute Gasteiger partial charge is 0.268 e. The summed E-state index contributed by atoms with van der Waals surface area (Å²) in [6.45, 7) is 1.83. The molecule has 0 saturated carbocycles. The van der Waals surface area contributed by atoms with E-state index in [1.54, 1.807) is 24.4 Å². The number of nitrogens with zero attached hydrogens (tertiary/aromatic N) is 2. The predicted molar refractivity (Wildman–Crippen MR) is 123 cm³/mol. The lowest BCUT2D eigenvalue weighted by atomic mass is 10.0. The fraction of sp³-hybridized carbons (Fsp3) is 0.200. The van der Waals surface area contributed by atoms with Gasteiger partial charge in [-0.05, 0) is 55.1 Å². The van der Waals surface area contributed by atoms with Gasteiger partial charge in [0.25, 0.3) is 10.0 Å². The Morgan fingerprint density at radius 1 is 0.935 bits per heavy atom. The van der Waals surface area contributed by atoms with Crippen LogP contribution in [0.5, 0.6) is 0 Å². The molecule has 0 atom stereocenters. The van der Waals surface area contributed by atoms with E-state index in [1.807, 2.05) is 30.3 Å². The summed E-state index contributed by atoms with van der Waals surface area (Å²) in [6, 6.07) is 17.0. The number of hydrogen-bond acceptors (Lipinski definition) is 3. The van der Waals surface area contributed by atoms with E-state index in [9.17, 15) is 12.8 Å². The van der Waals surface area contributed by atoms with Crippen LogP contribution in [0.25, 0.3) is 27.2 Å². The molecule has 0 radical (unpaired) electrons. The Labute approximate surface area is 181 Å². The third kappa shape index (κ3) is 3.46. The zero-order chi connectivity index (χ0) is 21.6. The Kier molecular flexibility index (Phi) is 4.91. The van der Waals surface area contributed by atoms with Crippen molar-refractivity contribution in [2.75, 3.05) is 20.1 Å². The molecule has 1 aliphatic rings. The Hall–Kier alpha value is -2.96. The van der Waals surface area contributed by atoms with Crippen molar-refractivity contribution >= 4 is 37.3 Å². The molecule has 2 heterocycles. The van der Waals surface area contributed by atoms with Gasteiger partial charge in [0, 0.05) is 35.6 Å². The Bertz CT molecular complexity index is 1430. The van der Waals surface area contributed by atoms with E-state index in [0.717, 1.165) is 42.5 Å². The minimum absolute atomic E-state index is 0.243. The highest BCUT2D eigenvalue weighted by molar-refractivity contribution is 7.90. The van der Waals surface area contributed by atoms with E-state index < -0.39 is 10.0 Å². The molecule has 1 aromatic heterocycles. The van der Waals surface area contributed by atoms with Gasteiger partial charge in [0.15, 0.2) is 0 Å². The van der Waals surface area contributed by atoms with Crippen LogP contribution >= 0.6 is 0 Å². The van der Waals surface area contributed by atoms with Gasteiger partial charge in [-0.25, -0.2) is 16.8 Å². The van der Waals surface area contributed by atoms with Crippen LogP contribution < -0.4 is 0 Å². The van der Waals surface area contributed by atoms with Crippen LogP contribution in [0.1, 0.15) is 18.4 Å². The Balaban J connectivity index is 1.75. The maximum absolute atomic E-state index is 14.2. The van der Waals surface area contributed by atoms with E-state index in [1.165, 1.54) is 16.1 Å². The van der Waals surface area contributed by atoms with E-state index in [-0.39, 0.29) is 10.7 Å². The highest BCUT2D eigenvalue weighted by Crippen LogP contribution is 2.34. The van der Waals surface area contributed by atoms with Crippen LogP contribution in [0.15, 0.2) is 77.8 Å². The maximum Gasteiger partial charge on any atom is 0.268 e. The van der Waals surface area contributed by atoms with Crippen LogP contribution in [-0.4, -0.2) is 37.4 Å². The van der Waals surface area contributed by atoms with Crippen molar-refractivity contribution in [1.29, 1.82) is 0 Å². The van der Waals surface area contributed by atoms with Crippen LogP contribution in [0.4, 0.5) is 4.39 Å². The molecule has 4 aromatic rings. The third-order valence-electron chi connectivity index (χ3n) is 6.03. The molecule has 0 unspecified atom stereocenters. The normalized spacial score (nSPS) is 15.9. The summed E-state index contributed by atoms with van der Waals surface area (Å²) in [5.74, 6) is -0.375. The average Bonchev–Trinajstić information content (AvgIpc) is 3.01. The summed E-state index contributed by atoms with van der Waals surface area (Å²) in [5, 5.41) is 2.16. The molecule has 0 fully saturated rings. The van der Waals surface area contributed by atoms with Gasteiger partial charge in [-0.15, -0.1) is 0 Å². The van der Waals surface area contributed by atoms with Gasteiger partial charge in [0.05, 0.1) is 10.4 Å². The third-order valence-corrected chi connectivity index (χ3v) is 7.76. The van der Waals surface area contributed by atoms with E-state index in [4.69, 9.17) is 0 Å². The second-order valence-electron chi connectivity index (χ2n) is 8.05.